The number of hydrogen-bond donors (Lipinski definition) is 0. The van der Waals surface area contributed by atoms with Crippen molar-refractivity contribution in [2.75, 3.05) is 0 Å². The van der Waals surface area contributed by atoms with E-state index < -0.39 is 22.5 Å². The highest BCUT2D eigenvalue weighted by Crippen LogP contribution is 2.35. The van der Waals surface area contributed by atoms with Gasteiger partial charge < -0.3 is 0 Å². The van der Waals surface area contributed by atoms with E-state index in [0.717, 1.165) is 6.07 Å². The molecule has 0 aliphatic rings. The van der Waals surface area contributed by atoms with E-state index in [0.29, 0.717) is 0 Å². The lowest BCUT2D eigenvalue weighted by atomic mass is 10.0. The van der Waals surface area contributed by atoms with Crippen LogP contribution in [0.25, 0.3) is 0 Å². The molecule has 0 saturated heterocycles. The minimum absolute atomic E-state index is 0.211. The Morgan fingerprint density at radius 2 is 2.00 bits per heavy atom. The van der Waals surface area contributed by atoms with Gasteiger partial charge in [0.15, 0.2) is 0 Å². The molecule has 0 amide bonds. The van der Waals surface area contributed by atoms with Crippen molar-refractivity contribution >= 4 is 39.4 Å². The number of halogens is 5. The van der Waals surface area contributed by atoms with Crippen molar-refractivity contribution in [1.82, 2.24) is 0 Å². The highest BCUT2D eigenvalue weighted by atomic mass is 127. The molecule has 0 fully saturated rings. The summed E-state index contributed by atoms with van der Waals surface area (Å²) in [7, 11) is 0. The number of carbonyl (C=O) groups excluding carboxylic acids is 1. The number of hydrogen-bond acceptors (Lipinski definition) is 2. The van der Waals surface area contributed by atoms with E-state index in [4.69, 9.17) is 16.9 Å². The topological polar surface area (TPSA) is 40.9 Å². The Morgan fingerprint density at radius 1 is 1.44 bits per heavy atom. The summed E-state index contributed by atoms with van der Waals surface area (Å²) < 4.78 is 38.0. The molecule has 0 unspecified atom stereocenters. The van der Waals surface area contributed by atoms with Crippen molar-refractivity contribution in [1.29, 1.82) is 5.26 Å². The first-order valence-electron chi connectivity index (χ1n) is 3.78. The number of nitriles is 1. The largest absolute Gasteiger partial charge is 0.417 e. The molecule has 16 heavy (non-hydrogen) atoms. The summed E-state index contributed by atoms with van der Waals surface area (Å²) in [6.45, 7) is 0. The summed E-state index contributed by atoms with van der Waals surface area (Å²) in [5.74, 6) is 0. The lowest BCUT2D eigenvalue weighted by Crippen LogP contribution is -2.13. The zero-order valence-corrected chi connectivity index (χ0v) is 10.3. The van der Waals surface area contributed by atoms with Crippen LogP contribution in [0.2, 0.25) is 0 Å². The van der Waals surface area contributed by atoms with Gasteiger partial charge in [0.05, 0.1) is 22.8 Å². The van der Waals surface area contributed by atoms with E-state index in [1.807, 2.05) is 0 Å². The number of nitrogens with zero attached hydrogens (tertiary/aromatic N) is 1. The Hall–Kier alpha value is -0.810. The van der Waals surface area contributed by atoms with Crippen LogP contribution < -0.4 is 0 Å². The van der Waals surface area contributed by atoms with Gasteiger partial charge in [-0.05, 0) is 46.3 Å². The molecule has 2 nitrogen and oxygen atoms in total. The number of rotatable bonds is 1. The van der Waals surface area contributed by atoms with E-state index >= 15 is 0 Å². The van der Waals surface area contributed by atoms with Gasteiger partial charge in [-0.2, -0.15) is 18.4 Å². The van der Waals surface area contributed by atoms with Crippen molar-refractivity contribution in [3.8, 4) is 6.07 Å². The van der Waals surface area contributed by atoms with Gasteiger partial charge in [0.1, 0.15) is 0 Å². The van der Waals surface area contributed by atoms with Gasteiger partial charge in [-0.3, -0.25) is 4.79 Å². The van der Waals surface area contributed by atoms with E-state index in [-0.39, 0.29) is 9.13 Å². The Labute approximate surface area is 107 Å². The van der Waals surface area contributed by atoms with Crippen molar-refractivity contribution in [2.45, 2.75) is 6.18 Å². The van der Waals surface area contributed by atoms with Gasteiger partial charge in [-0.25, -0.2) is 0 Å². The predicted octanol–water partition coefficient (Wildman–Crippen LogP) is 3.56. The second-order valence-corrected chi connectivity index (χ2v) is 4.35. The first-order valence-corrected chi connectivity index (χ1v) is 5.23. The van der Waals surface area contributed by atoms with Gasteiger partial charge >= 0.3 is 6.18 Å². The van der Waals surface area contributed by atoms with Crippen LogP contribution in [0.1, 0.15) is 21.5 Å². The van der Waals surface area contributed by atoms with E-state index in [2.05, 4.69) is 0 Å². The molecular formula is C9H2ClF3INO. The summed E-state index contributed by atoms with van der Waals surface area (Å²) >= 11 is 6.69. The second kappa shape index (κ2) is 4.59. The molecule has 0 aliphatic carbocycles. The Bertz CT molecular complexity index is 493. The van der Waals surface area contributed by atoms with Crippen molar-refractivity contribution < 1.29 is 18.0 Å². The fraction of sp³-hybridized carbons (Fsp3) is 0.111. The summed E-state index contributed by atoms with van der Waals surface area (Å²) in [6.07, 6.45) is -4.72. The van der Waals surface area contributed by atoms with Crippen LogP contribution in [-0.2, 0) is 6.18 Å². The zero-order chi connectivity index (χ0) is 12.5. The van der Waals surface area contributed by atoms with Gasteiger partial charge in [-0.15, -0.1) is 0 Å². The molecule has 0 atom stereocenters. The minimum Gasteiger partial charge on any atom is -0.276 e. The maximum Gasteiger partial charge on any atom is 0.417 e. The Balaban J connectivity index is 3.66. The third-order valence-corrected chi connectivity index (χ3v) is 2.54. The highest BCUT2D eigenvalue weighted by Gasteiger charge is 2.36. The van der Waals surface area contributed by atoms with Crippen LogP contribution in [-0.4, -0.2) is 5.24 Å². The van der Waals surface area contributed by atoms with Crippen LogP contribution in [0, 0.1) is 14.9 Å². The molecule has 0 aromatic heterocycles. The molecule has 0 radical (unpaired) electrons. The fourth-order valence-corrected chi connectivity index (χ4v) is 1.96. The average Bonchev–Trinajstić information content (AvgIpc) is 2.14. The maximum absolute atomic E-state index is 12.6. The van der Waals surface area contributed by atoms with Crippen LogP contribution in [0.3, 0.4) is 0 Å². The minimum atomic E-state index is -4.72. The van der Waals surface area contributed by atoms with Crippen molar-refractivity contribution in [3.63, 3.8) is 0 Å². The maximum atomic E-state index is 12.6. The molecule has 1 aromatic carbocycles. The lowest BCUT2D eigenvalue weighted by molar-refractivity contribution is -0.137. The lowest BCUT2D eigenvalue weighted by Gasteiger charge is -2.11. The van der Waals surface area contributed by atoms with Gasteiger partial charge in [-0.1, -0.05) is 0 Å². The molecule has 0 aliphatic heterocycles. The first-order chi connectivity index (χ1) is 7.27. The third kappa shape index (κ3) is 2.65. The normalized spacial score (nSPS) is 11.0. The molecular weight excluding hydrogens is 357 g/mol. The quantitative estimate of drug-likeness (QED) is 0.568. The average molecular weight is 359 g/mol. The molecule has 0 heterocycles. The summed E-state index contributed by atoms with van der Waals surface area (Å²) in [5.41, 5.74) is -2.35. The Kier molecular flexibility index (Phi) is 3.80. The standard InChI is InChI=1S/C9H2ClF3INO/c10-8(16)7-4(3-15)1-5(14)2-6(7)9(11,12)13/h1-2H. The van der Waals surface area contributed by atoms with Gasteiger partial charge in [0.25, 0.3) is 5.24 Å². The van der Waals surface area contributed by atoms with Gasteiger partial charge in [0, 0.05) is 3.57 Å². The molecule has 0 N–H and O–H groups in total. The zero-order valence-electron chi connectivity index (χ0n) is 7.40. The summed E-state index contributed by atoms with van der Waals surface area (Å²) in [6, 6.07) is 3.47. The smallest absolute Gasteiger partial charge is 0.276 e. The van der Waals surface area contributed by atoms with Crippen molar-refractivity contribution in [3.05, 3.63) is 32.4 Å². The van der Waals surface area contributed by atoms with Crippen LogP contribution in [0.15, 0.2) is 12.1 Å². The molecule has 84 valence electrons. The van der Waals surface area contributed by atoms with Gasteiger partial charge in [0.2, 0.25) is 0 Å². The summed E-state index contributed by atoms with van der Waals surface area (Å²) in [5, 5.41) is 7.36. The Morgan fingerprint density at radius 3 is 2.38 bits per heavy atom. The second-order valence-electron chi connectivity index (χ2n) is 2.76. The number of alkyl halides is 3. The van der Waals surface area contributed by atoms with E-state index in [9.17, 15) is 18.0 Å². The third-order valence-electron chi connectivity index (χ3n) is 1.73. The monoisotopic (exact) mass is 359 g/mol. The molecule has 7 heteroatoms. The number of benzene rings is 1. The van der Waals surface area contributed by atoms with E-state index in [1.165, 1.54) is 12.1 Å². The SMILES string of the molecule is N#Cc1cc(I)cc(C(F)(F)F)c1C(=O)Cl. The predicted molar refractivity (Wildman–Crippen MR) is 59.1 cm³/mol. The molecule has 1 rings (SSSR count). The fourth-order valence-electron chi connectivity index (χ4n) is 1.13. The van der Waals surface area contributed by atoms with Crippen LogP contribution >= 0.6 is 34.2 Å². The highest BCUT2D eigenvalue weighted by molar-refractivity contribution is 14.1. The van der Waals surface area contributed by atoms with E-state index in [1.54, 1.807) is 22.6 Å². The first kappa shape index (κ1) is 13.3. The number of carbonyl (C=O) groups is 1. The molecule has 0 spiro atoms. The summed E-state index contributed by atoms with van der Waals surface area (Å²) in [4.78, 5) is 10.9. The molecule has 1 aromatic rings. The molecule has 0 saturated carbocycles. The molecule has 0 bridgehead atoms. The van der Waals surface area contributed by atoms with Crippen LogP contribution in [0.4, 0.5) is 13.2 Å². The van der Waals surface area contributed by atoms with Crippen molar-refractivity contribution in [2.24, 2.45) is 0 Å². The van der Waals surface area contributed by atoms with Crippen LogP contribution in [0.5, 0.6) is 0 Å².